The first-order valence-corrected chi connectivity index (χ1v) is 7.42. The monoisotopic (exact) mass is 295 g/mol. The van der Waals surface area contributed by atoms with Crippen LogP contribution in [0.4, 0.5) is 5.69 Å². The molecular weight excluding hydrogens is 278 g/mol. The van der Waals surface area contributed by atoms with Crippen molar-refractivity contribution in [3.63, 3.8) is 0 Å². The predicted molar refractivity (Wildman–Crippen MR) is 78.3 cm³/mol. The van der Waals surface area contributed by atoms with E-state index in [0.717, 1.165) is 11.4 Å². The second kappa shape index (κ2) is 5.70. The first-order valence-electron chi connectivity index (χ1n) is 6.27. The molecule has 1 saturated heterocycles. The van der Waals surface area contributed by atoms with E-state index in [0.29, 0.717) is 29.2 Å². The molecule has 1 aliphatic heterocycles. The van der Waals surface area contributed by atoms with E-state index in [1.54, 1.807) is 29.7 Å². The molecule has 0 radical (unpaired) electrons. The van der Waals surface area contributed by atoms with Crippen LogP contribution in [0.25, 0.3) is 0 Å². The molecule has 1 atom stereocenters. The standard InChI is InChI=1S/C13H17N3O3S/c1-7-5-9(11(12(14)17)8(2)15-7)16-3-4-20-6-10(16)13(18)19/h5,10H,3-4,6H2,1-2H3,(H2,14,17)(H,18,19). The molecule has 0 aliphatic carbocycles. The molecule has 0 spiro atoms. The molecule has 6 nitrogen and oxygen atoms in total. The Balaban J connectivity index is 2.54. The van der Waals surface area contributed by atoms with Crippen molar-refractivity contribution in [3.8, 4) is 0 Å². The molecule has 0 aromatic carbocycles. The molecule has 0 saturated carbocycles. The summed E-state index contributed by atoms with van der Waals surface area (Å²) >= 11 is 1.60. The van der Waals surface area contributed by atoms with E-state index in [4.69, 9.17) is 5.73 Å². The number of aliphatic carboxylic acids is 1. The molecule has 2 heterocycles. The Morgan fingerprint density at radius 3 is 2.80 bits per heavy atom. The van der Waals surface area contributed by atoms with Gasteiger partial charge in [0.15, 0.2) is 0 Å². The molecule has 2 rings (SSSR count). The van der Waals surface area contributed by atoms with E-state index in [2.05, 4.69) is 4.98 Å². The maximum atomic E-state index is 11.7. The van der Waals surface area contributed by atoms with Gasteiger partial charge in [0.1, 0.15) is 6.04 Å². The van der Waals surface area contributed by atoms with Crippen LogP contribution < -0.4 is 10.6 Å². The zero-order chi connectivity index (χ0) is 14.9. The van der Waals surface area contributed by atoms with Gasteiger partial charge < -0.3 is 15.7 Å². The number of nitrogens with zero attached hydrogens (tertiary/aromatic N) is 2. The van der Waals surface area contributed by atoms with Crippen LogP contribution in [0.1, 0.15) is 21.7 Å². The number of rotatable bonds is 3. The molecule has 20 heavy (non-hydrogen) atoms. The van der Waals surface area contributed by atoms with Crippen LogP contribution in [0.5, 0.6) is 0 Å². The van der Waals surface area contributed by atoms with E-state index < -0.39 is 17.9 Å². The largest absolute Gasteiger partial charge is 0.480 e. The number of anilines is 1. The van der Waals surface area contributed by atoms with Gasteiger partial charge in [-0.05, 0) is 19.9 Å². The molecular formula is C13H17N3O3S. The highest BCUT2D eigenvalue weighted by molar-refractivity contribution is 7.99. The number of carboxylic acid groups (broad SMARTS) is 1. The van der Waals surface area contributed by atoms with Gasteiger partial charge in [-0.1, -0.05) is 0 Å². The summed E-state index contributed by atoms with van der Waals surface area (Å²) in [5.41, 5.74) is 7.61. The molecule has 1 aliphatic rings. The lowest BCUT2D eigenvalue weighted by atomic mass is 10.1. The van der Waals surface area contributed by atoms with Crippen LogP contribution in [-0.2, 0) is 4.79 Å². The van der Waals surface area contributed by atoms with Crippen LogP contribution in [0.3, 0.4) is 0 Å². The van der Waals surface area contributed by atoms with Crippen molar-refractivity contribution in [2.45, 2.75) is 19.9 Å². The number of amides is 1. The van der Waals surface area contributed by atoms with Crippen LogP contribution in [0.15, 0.2) is 6.07 Å². The topological polar surface area (TPSA) is 96.5 Å². The lowest BCUT2D eigenvalue weighted by Gasteiger charge is -2.35. The number of carboxylic acids is 1. The van der Waals surface area contributed by atoms with E-state index in [1.165, 1.54) is 0 Å². The highest BCUT2D eigenvalue weighted by atomic mass is 32.2. The number of carbonyl (C=O) groups excluding carboxylic acids is 1. The number of aromatic nitrogens is 1. The van der Waals surface area contributed by atoms with Gasteiger partial charge in [-0.15, -0.1) is 0 Å². The summed E-state index contributed by atoms with van der Waals surface area (Å²) in [4.78, 5) is 29.1. The number of hydrogen-bond acceptors (Lipinski definition) is 5. The molecule has 3 N–H and O–H groups in total. The Morgan fingerprint density at radius 1 is 1.50 bits per heavy atom. The van der Waals surface area contributed by atoms with Crippen LogP contribution in [-0.4, -0.2) is 46.1 Å². The summed E-state index contributed by atoms with van der Waals surface area (Å²) in [6.07, 6.45) is 0. The quantitative estimate of drug-likeness (QED) is 0.856. The van der Waals surface area contributed by atoms with Gasteiger partial charge in [-0.25, -0.2) is 4.79 Å². The highest BCUT2D eigenvalue weighted by Crippen LogP contribution is 2.29. The lowest BCUT2D eigenvalue weighted by molar-refractivity contribution is -0.138. The van der Waals surface area contributed by atoms with Crippen molar-refractivity contribution in [2.24, 2.45) is 5.73 Å². The number of primary amides is 1. The van der Waals surface area contributed by atoms with Crippen molar-refractivity contribution < 1.29 is 14.7 Å². The molecule has 1 aromatic rings. The average molecular weight is 295 g/mol. The number of thioether (sulfide) groups is 1. The third kappa shape index (κ3) is 2.72. The molecule has 1 fully saturated rings. The minimum absolute atomic E-state index is 0.314. The zero-order valence-corrected chi connectivity index (χ0v) is 12.2. The molecule has 0 bridgehead atoms. The number of pyridine rings is 1. The van der Waals surface area contributed by atoms with Gasteiger partial charge in [-0.3, -0.25) is 9.78 Å². The molecule has 108 valence electrons. The summed E-state index contributed by atoms with van der Waals surface area (Å²) in [6.45, 7) is 4.10. The van der Waals surface area contributed by atoms with Gasteiger partial charge in [0.05, 0.1) is 16.9 Å². The fourth-order valence-electron chi connectivity index (χ4n) is 2.44. The number of nitrogens with two attached hydrogens (primary N) is 1. The van der Waals surface area contributed by atoms with Crippen molar-refractivity contribution >= 4 is 29.3 Å². The van der Waals surface area contributed by atoms with E-state index in [-0.39, 0.29) is 0 Å². The first-order chi connectivity index (χ1) is 9.41. The van der Waals surface area contributed by atoms with Crippen LogP contribution >= 0.6 is 11.8 Å². The fraction of sp³-hybridized carbons (Fsp3) is 0.462. The number of carbonyl (C=O) groups is 2. The second-order valence-electron chi connectivity index (χ2n) is 4.73. The Hall–Kier alpha value is -1.76. The maximum Gasteiger partial charge on any atom is 0.327 e. The molecule has 1 amide bonds. The highest BCUT2D eigenvalue weighted by Gasteiger charge is 2.32. The lowest BCUT2D eigenvalue weighted by Crippen LogP contribution is -2.48. The van der Waals surface area contributed by atoms with Crippen molar-refractivity contribution in [2.75, 3.05) is 23.0 Å². The summed E-state index contributed by atoms with van der Waals surface area (Å²) in [5, 5.41) is 9.35. The van der Waals surface area contributed by atoms with Gasteiger partial charge in [0.2, 0.25) is 0 Å². The summed E-state index contributed by atoms with van der Waals surface area (Å²) in [6, 6.07) is 1.09. The Morgan fingerprint density at radius 2 is 2.20 bits per heavy atom. The first kappa shape index (κ1) is 14.6. The summed E-state index contributed by atoms with van der Waals surface area (Å²) in [7, 11) is 0. The van der Waals surface area contributed by atoms with Gasteiger partial charge >= 0.3 is 5.97 Å². The fourth-order valence-corrected chi connectivity index (χ4v) is 3.47. The van der Waals surface area contributed by atoms with E-state index >= 15 is 0 Å². The van der Waals surface area contributed by atoms with Crippen molar-refractivity contribution in [1.29, 1.82) is 0 Å². The van der Waals surface area contributed by atoms with Gasteiger partial charge in [-0.2, -0.15) is 11.8 Å². The number of aryl methyl sites for hydroxylation is 2. The zero-order valence-electron chi connectivity index (χ0n) is 11.4. The number of hydrogen-bond donors (Lipinski definition) is 2. The minimum atomic E-state index is -0.889. The average Bonchev–Trinajstić information content (AvgIpc) is 2.37. The Kier molecular flexibility index (Phi) is 4.17. The minimum Gasteiger partial charge on any atom is -0.480 e. The van der Waals surface area contributed by atoms with Crippen LogP contribution in [0, 0.1) is 13.8 Å². The third-order valence-electron chi connectivity index (χ3n) is 3.28. The van der Waals surface area contributed by atoms with Crippen molar-refractivity contribution in [3.05, 3.63) is 23.0 Å². The third-order valence-corrected chi connectivity index (χ3v) is 4.30. The molecule has 1 unspecified atom stereocenters. The van der Waals surface area contributed by atoms with Crippen molar-refractivity contribution in [1.82, 2.24) is 4.98 Å². The Labute approximate surface area is 121 Å². The van der Waals surface area contributed by atoms with Gasteiger partial charge in [0, 0.05) is 23.7 Å². The van der Waals surface area contributed by atoms with E-state index in [9.17, 15) is 14.7 Å². The maximum absolute atomic E-state index is 11.7. The summed E-state index contributed by atoms with van der Waals surface area (Å²) < 4.78 is 0. The Bertz CT molecular complexity index is 562. The summed E-state index contributed by atoms with van der Waals surface area (Å²) in [5.74, 6) is -0.150. The smallest absolute Gasteiger partial charge is 0.327 e. The SMILES string of the molecule is Cc1cc(N2CCSCC2C(=O)O)c(C(N)=O)c(C)n1. The van der Waals surface area contributed by atoms with Crippen LogP contribution in [0.2, 0.25) is 0 Å². The predicted octanol–water partition coefficient (Wildman–Crippen LogP) is 0.804. The molecule has 1 aromatic heterocycles. The second-order valence-corrected chi connectivity index (χ2v) is 5.88. The van der Waals surface area contributed by atoms with E-state index in [1.807, 2.05) is 6.92 Å². The molecule has 7 heteroatoms. The normalized spacial score (nSPS) is 18.9. The van der Waals surface area contributed by atoms with Gasteiger partial charge in [0.25, 0.3) is 5.91 Å².